The van der Waals surface area contributed by atoms with Crippen LogP contribution in [0.15, 0.2) is 4.99 Å². The second-order valence-corrected chi connectivity index (χ2v) is 10.7. The van der Waals surface area contributed by atoms with Gasteiger partial charge in [0.1, 0.15) is 0 Å². The first kappa shape index (κ1) is 30.8. The lowest BCUT2D eigenvalue weighted by Crippen LogP contribution is -2.38. The third-order valence-electron chi connectivity index (χ3n) is 5.54. The van der Waals surface area contributed by atoms with E-state index in [4.69, 9.17) is 38.6 Å². The van der Waals surface area contributed by atoms with E-state index in [1.54, 1.807) is 0 Å². The molecule has 0 aliphatic carbocycles. The minimum absolute atomic E-state index is 0.0411. The number of carbonyl (C=O) groups excluding carboxylic acids is 1. The van der Waals surface area contributed by atoms with Gasteiger partial charge in [-0.1, -0.05) is 39.3 Å². The van der Waals surface area contributed by atoms with Crippen LogP contribution in [0, 0.1) is 10.8 Å². The van der Waals surface area contributed by atoms with Gasteiger partial charge in [0, 0.05) is 19.8 Å². The summed E-state index contributed by atoms with van der Waals surface area (Å²) in [5.41, 5.74) is 17.0. The maximum absolute atomic E-state index is 12.3. The molecule has 11 nitrogen and oxygen atoms in total. The highest BCUT2D eigenvalue weighted by molar-refractivity contribution is 6.31. The van der Waals surface area contributed by atoms with E-state index < -0.39 is 12.0 Å². The fourth-order valence-electron chi connectivity index (χ4n) is 4.03. The normalized spacial score (nSPS) is 13.6. The minimum Gasteiger partial charge on any atom is -0.396 e. The van der Waals surface area contributed by atoms with Gasteiger partial charge in [0.05, 0.1) is 12.7 Å². The van der Waals surface area contributed by atoms with Crippen molar-refractivity contribution in [3.63, 3.8) is 0 Å². The predicted octanol–water partition coefficient (Wildman–Crippen LogP) is 2.10. The maximum Gasteiger partial charge on any atom is 0.280 e. The van der Waals surface area contributed by atoms with Gasteiger partial charge < -0.3 is 32.2 Å². The number of amides is 1. The number of anilines is 2. The van der Waals surface area contributed by atoms with Crippen molar-refractivity contribution >= 4 is 35.1 Å². The Labute approximate surface area is 212 Å². The first-order valence-electron chi connectivity index (χ1n) is 11.8. The molecular weight excluding hydrogens is 474 g/mol. The molecule has 0 aliphatic heterocycles. The monoisotopic (exact) mass is 515 g/mol. The van der Waals surface area contributed by atoms with Crippen molar-refractivity contribution in [1.82, 2.24) is 15.3 Å². The molecule has 12 heteroatoms. The Balaban J connectivity index is 2.42. The zero-order valence-electron chi connectivity index (χ0n) is 21.3. The van der Waals surface area contributed by atoms with Crippen molar-refractivity contribution in [2.75, 3.05) is 37.8 Å². The highest BCUT2D eigenvalue weighted by Gasteiger charge is 2.28. The Bertz CT molecular complexity index is 849. The van der Waals surface area contributed by atoms with Crippen LogP contribution in [0.1, 0.15) is 76.7 Å². The second kappa shape index (κ2) is 14.4. The van der Waals surface area contributed by atoms with E-state index in [1.807, 2.05) is 0 Å². The summed E-state index contributed by atoms with van der Waals surface area (Å²) in [6, 6.07) is 0. The maximum atomic E-state index is 12.3. The number of aliphatic hydroxyl groups excluding tert-OH is 2. The standard InChI is InChI=1S/C23H42ClN7O4/c1-22(2,14-23(3,4)9-12-35-13-15(33)7-5-11-32)8-6-10-28-21(27)31-20(34)16-18(25)30-19(26)17(24)29-16/h15,32-33H,5-14H2,1-4H3,(H4,25,26,30)(H3,27,28,31,34). The van der Waals surface area contributed by atoms with Crippen LogP contribution in [-0.2, 0) is 4.74 Å². The largest absolute Gasteiger partial charge is 0.396 e. The second-order valence-electron chi connectivity index (χ2n) is 10.3. The predicted molar refractivity (Wildman–Crippen MR) is 139 cm³/mol. The summed E-state index contributed by atoms with van der Waals surface area (Å²) in [6.07, 6.45) is 4.17. The molecule has 1 unspecified atom stereocenters. The Morgan fingerprint density at radius 3 is 2.46 bits per heavy atom. The molecule has 1 aromatic heterocycles. The van der Waals surface area contributed by atoms with Gasteiger partial charge in [-0.15, -0.1) is 0 Å². The number of aliphatic hydroxyl groups is 2. The molecule has 200 valence electrons. The summed E-state index contributed by atoms with van der Waals surface area (Å²) in [7, 11) is 0. The van der Waals surface area contributed by atoms with E-state index in [0.29, 0.717) is 32.6 Å². The van der Waals surface area contributed by atoms with Gasteiger partial charge in [0.15, 0.2) is 28.4 Å². The summed E-state index contributed by atoms with van der Waals surface area (Å²) in [6.45, 7) is 10.3. The van der Waals surface area contributed by atoms with Crippen molar-refractivity contribution in [2.24, 2.45) is 21.6 Å². The number of nitrogens with zero attached hydrogens (tertiary/aromatic N) is 3. The third kappa shape index (κ3) is 12.4. The molecule has 35 heavy (non-hydrogen) atoms. The van der Waals surface area contributed by atoms with Crippen LogP contribution in [0.5, 0.6) is 0 Å². The number of hydrogen-bond donors (Lipinski definition) is 6. The highest BCUT2D eigenvalue weighted by atomic mass is 35.5. The van der Waals surface area contributed by atoms with E-state index >= 15 is 0 Å². The number of carbonyl (C=O) groups is 1. The lowest BCUT2D eigenvalue weighted by molar-refractivity contribution is 0.0146. The van der Waals surface area contributed by atoms with E-state index in [2.05, 4.69) is 48.0 Å². The van der Waals surface area contributed by atoms with Crippen LogP contribution in [0.4, 0.5) is 11.6 Å². The Morgan fingerprint density at radius 2 is 1.80 bits per heavy atom. The Hall–Kier alpha value is -2.21. The quantitative estimate of drug-likeness (QED) is 0.115. The van der Waals surface area contributed by atoms with Gasteiger partial charge in [-0.2, -0.15) is 0 Å². The summed E-state index contributed by atoms with van der Waals surface area (Å²) in [5.74, 6) is -0.914. The van der Waals surface area contributed by atoms with Crippen LogP contribution in [-0.4, -0.2) is 64.5 Å². The van der Waals surface area contributed by atoms with Gasteiger partial charge >= 0.3 is 0 Å². The van der Waals surface area contributed by atoms with Crippen LogP contribution in [0.3, 0.4) is 0 Å². The molecule has 0 saturated heterocycles. The van der Waals surface area contributed by atoms with Crippen LogP contribution in [0.2, 0.25) is 5.15 Å². The van der Waals surface area contributed by atoms with E-state index in [0.717, 1.165) is 25.7 Å². The Kier molecular flexibility index (Phi) is 12.7. The van der Waals surface area contributed by atoms with Gasteiger partial charge in [-0.25, -0.2) is 9.97 Å². The molecule has 1 aromatic rings. The Morgan fingerprint density at radius 1 is 1.14 bits per heavy atom. The molecule has 0 saturated carbocycles. The van der Waals surface area contributed by atoms with Crippen LogP contribution < -0.4 is 22.5 Å². The van der Waals surface area contributed by atoms with Crippen molar-refractivity contribution in [3.05, 3.63) is 10.8 Å². The molecule has 1 rings (SSSR count). The summed E-state index contributed by atoms with van der Waals surface area (Å²) >= 11 is 5.80. The van der Waals surface area contributed by atoms with E-state index in [-0.39, 0.29) is 45.9 Å². The zero-order valence-corrected chi connectivity index (χ0v) is 22.1. The van der Waals surface area contributed by atoms with Crippen molar-refractivity contribution in [3.8, 4) is 0 Å². The number of halogens is 1. The zero-order chi connectivity index (χ0) is 26.6. The summed E-state index contributed by atoms with van der Waals surface area (Å²) < 4.78 is 5.62. The molecule has 1 atom stereocenters. The summed E-state index contributed by atoms with van der Waals surface area (Å²) in [4.78, 5) is 24.1. The van der Waals surface area contributed by atoms with Crippen LogP contribution in [0.25, 0.3) is 0 Å². The van der Waals surface area contributed by atoms with Crippen molar-refractivity contribution in [2.45, 2.75) is 72.3 Å². The van der Waals surface area contributed by atoms with E-state index in [1.165, 1.54) is 0 Å². The SMILES string of the molecule is CC(C)(CCCN=C(N)NC(=O)c1nc(Cl)c(N)nc1N)CC(C)(C)CCOCC(O)CCCO. The smallest absolute Gasteiger partial charge is 0.280 e. The highest BCUT2D eigenvalue weighted by Crippen LogP contribution is 2.39. The van der Waals surface area contributed by atoms with Gasteiger partial charge in [-0.05, 0) is 49.4 Å². The van der Waals surface area contributed by atoms with Crippen LogP contribution >= 0.6 is 11.6 Å². The third-order valence-corrected chi connectivity index (χ3v) is 5.82. The number of aromatic nitrogens is 2. The topological polar surface area (TPSA) is 195 Å². The molecule has 9 N–H and O–H groups in total. The lowest BCUT2D eigenvalue weighted by atomic mass is 9.71. The number of nitrogens with one attached hydrogen (secondary N) is 1. The first-order valence-corrected chi connectivity index (χ1v) is 12.2. The van der Waals surface area contributed by atoms with Crippen molar-refractivity contribution < 1.29 is 19.7 Å². The molecule has 0 radical (unpaired) electrons. The van der Waals surface area contributed by atoms with Gasteiger partial charge in [-0.3, -0.25) is 15.1 Å². The number of rotatable bonds is 15. The number of aliphatic imine (C=N–C) groups is 1. The minimum atomic E-state index is -0.664. The average Bonchev–Trinajstić information content (AvgIpc) is 2.74. The lowest BCUT2D eigenvalue weighted by Gasteiger charge is -2.35. The number of guanidine groups is 1. The molecule has 0 aromatic carbocycles. The van der Waals surface area contributed by atoms with Gasteiger partial charge in [0.25, 0.3) is 5.91 Å². The van der Waals surface area contributed by atoms with Crippen molar-refractivity contribution in [1.29, 1.82) is 0 Å². The summed E-state index contributed by atoms with van der Waals surface area (Å²) in [5, 5.41) is 20.9. The molecule has 0 bridgehead atoms. The molecule has 0 fully saturated rings. The molecule has 1 amide bonds. The van der Waals surface area contributed by atoms with E-state index in [9.17, 15) is 9.90 Å². The fourth-order valence-corrected chi connectivity index (χ4v) is 4.16. The first-order chi connectivity index (χ1) is 16.3. The number of hydrogen-bond acceptors (Lipinski definition) is 9. The van der Waals surface area contributed by atoms with Gasteiger partial charge in [0.2, 0.25) is 0 Å². The molecular formula is C23H42ClN7O4. The number of nitrogen functional groups attached to an aromatic ring is 2. The molecule has 0 aliphatic rings. The molecule has 1 heterocycles. The average molecular weight is 516 g/mol. The molecule has 0 spiro atoms. The number of nitrogens with two attached hydrogens (primary N) is 3. The fraction of sp³-hybridized carbons (Fsp3) is 0.739. The number of ether oxygens (including phenoxy) is 1.